The van der Waals surface area contributed by atoms with Gasteiger partial charge in [-0.2, -0.15) is 0 Å². The van der Waals surface area contributed by atoms with E-state index in [0.717, 1.165) is 48.6 Å². The molecular formula is C32H34ClN5O4. The van der Waals surface area contributed by atoms with Gasteiger partial charge in [0.05, 0.1) is 17.9 Å². The fourth-order valence-electron chi connectivity index (χ4n) is 5.23. The standard InChI is InChI=1S/C32H34ClN5O4/c1-36-15-17-38(18-16-36)20-28(39)37(2)25-11-9-24(10-12-25)34-31(22-6-3-21(4-7-22)5-14-29(40)41)30-26-13-8-23(33)19-27(26)35-32(30)42/h3-4,6-13,19,30H,5,14-18,20H2,1-2H3,(H,35,42)(H,40,41). The maximum absolute atomic E-state index is 13.2. The highest BCUT2D eigenvalue weighted by molar-refractivity contribution is 6.31. The van der Waals surface area contributed by atoms with Crippen LogP contribution in [0, 0.1) is 0 Å². The number of benzene rings is 3. The van der Waals surface area contributed by atoms with Crippen LogP contribution in [-0.4, -0.2) is 85.2 Å². The Hall–Kier alpha value is -4.05. The maximum atomic E-state index is 13.2. The van der Waals surface area contributed by atoms with Crippen molar-refractivity contribution < 1.29 is 19.5 Å². The number of nitrogens with zero attached hydrogens (tertiary/aromatic N) is 4. The summed E-state index contributed by atoms with van der Waals surface area (Å²) in [6.45, 7) is 4.02. The highest BCUT2D eigenvalue weighted by Crippen LogP contribution is 2.38. The lowest BCUT2D eigenvalue weighted by Crippen LogP contribution is -2.48. The van der Waals surface area contributed by atoms with E-state index in [-0.39, 0.29) is 18.2 Å². The molecule has 1 fully saturated rings. The van der Waals surface area contributed by atoms with Crippen molar-refractivity contribution in [3.8, 4) is 0 Å². The number of carboxylic acids is 1. The highest BCUT2D eigenvalue weighted by Gasteiger charge is 2.35. The van der Waals surface area contributed by atoms with Crippen LogP contribution in [0.4, 0.5) is 17.1 Å². The topological polar surface area (TPSA) is 106 Å². The van der Waals surface area contributed by atoms with Crippen LogP contribution >= 0.6 is 11.6 Å². The number of carbonyl (C=O) groups excluding carboxylic acids is 2. The molecule has 2 N–H and O–H groups in total. The predicted octanol–water partition coefficient (Wildman–Crippen LogP) is 4.42. The van der Waals surface area contributed by atoms with Crippen LogP contribution in [0.1, 0.15) is 29.0 Å². The van der Waals surface area contributed by atoms with Gasteiger partial charge >= 0.3 is 5.97 Å². The van der Waals surface area contributed by atoms with Gasteiger partial charge in [0, 0.05) is 56.0 Å². The summed E-state index contributed by atoms with van der Waals surface area (Å²) in [6.07, 6.45) is 0.452. The van der Waals surface area contributed by atoms with Gasteiger partial charge in [-0.1, -0.05) is 41.9 Å². The SMILES string of the molecule is CN1CCN(CC(=O)N(C)c2ccc(N=C(c3ccc(CCC(=O)O)cc3)C3C(=O)Nc4cc(Cl)ccc43)cc2)CC1. The number of aliphatic imine (C=N–C) groups is 1. The van der Waals surface area contributed by atoms with Crippen LogP contribution in [0.2, 0.25) is 5.02 Å². The van der Waals surface area contributed by atoms with E-state index in [1.807, 2.05) is 54.6 Å². The van der Waals surface area contributed by atoms with Crippen LogP contribution in [0.15, 0.2) is 71.7 Å². The van der Waals surface area contributed by atoms with Gasteiger partial charge in [0.1, 0.15) is 5.92 Å². The molecule has 0 saturated carbocycles. The number of anilines is 2. The number of fused-ring (bicyclic) bond motifs is 1. The molecule has 0 aliphatic carbocycles. The van der Waals surface area contributed by atoms with Crippen molar-refractivity contribution in [2.24, 2.45) is 4.99 Å². The molecule has 2 aliphatic rings. The Morgan fingerprint density at radius 3 is 2.38 bits per heavy atom. The van der Waals surface area contributed by atoms with Crippen molar-refractivity contribution in [3.63, 3.8) is 0 Å². The highest BCUT2D eigenvalue weighted by atomic mass is 35.5. The Kier molecular flexibility index (Phi) is 9.01. The molecule has 0 bridgehead atoms. The first-order valence-electron chi connectivity index (χ1n) is 14.0. The lowest BCUT2D eigenvalue weighted by atomic mass is 9.90. The van der Waals surface area contributed by atoms with Crippen LogP contribution in [0.5, 0.6) is 0 Å². The molecule has 10 heteroatoms. The number of nitrogens with one attached hydrogen (secondary N) is 1. The van der Waals surface area contributed by atoms with Gasteiger partial charge < -0.3 is 20.2 Å². The summed E-state index contributed by atoms with van der Waals surface area (Å²) in [6, 6.07) is 20.2. The number of amides is 2. The smallest absolute Gasteiger partial charge is 0.303 e. The zero-order valence-electron chi connectivity index (χ0n) is 23.7. The Balaban J connectivity index is 1.41. The van der Waals surface area contributed by atoms with E-state index in [1.165, 1.54) is 0 Å². The van der Waals surface area contributed by atoms with Gasteiger partial charge in [-0.3, -0.25) is 24.3 Å². The Labute approximate surface area is 250 Å². The first-order chi connectivity index (χ1) is 20.2. The molecule has 3 aromatic rings. The van der Waals surface area contributed by atoms with Crippen molar-refractivity contribution in [1.29, 1.82) is 0 Å². The minimum atomic E-state index is -0.852. The average Bonchev–Trinajstić information content (AvgIpc) is 3.30. The summed E-state index contributed by atoms with van der Waals surface area (Å²) in [7, 11) is 3.87. The predicted molar refractivity (Wildman–Crippen MR) is 165 cm³/mol. The molecule has 2 heterocycles. The van der Waals surface area contributed by atoms with Gasteiger partial charge in [0.25, 0.3) is 0 Å². The zero-order chi connectivity index (χ0) is 29.8. The molecule has 1 saturated heterocycles. The molecule has 42 heavy (non-hydrogen) atoms. The third kappa shape index (κ3) is 6.87. The number of hydrogen-bond donors (Lipinski definition) is 2. The van der Waals surface area contributed by atoms with Crippen LogP contribution in [-0.2, 0) is 20.8 Å². The number of aliphatic carboxylic acids is 1. The van der Waals surface area contributed by atoms with Crippen LogP contribution in [0.3, 0.4) is 0 Å². The van der Waals surface area contributed by atoms with Gasteiger partial charge in [-0.25, -0.2) is 0 Å². The monoisotopic (exact) mass is 587 g/mol. The van der Waals surface area contributed by atoms with Gasteiger partial charge in [0.15, 0.2) is 0 Å². The van der Waals surface area contributed by atoms with Crippen molar-refractivity contribution in [2.75, 3.05) is 57.0 Å². The number of carbonyl (C=O) groups is 3. The lowest BCUT2D eigenvalue weighted by molar-refractivity contribution is -0.137. The zero-order valence-corrected chi connectivity index (χ0v) is 24.5. The van der Waals surface area contributed by atoms with E-state index in [0.29, 0.717) is 35.1 Å². The number of aryl methyl sites for hydroxylation is 1. The second-order valence-electron chi connectivity index (χ2n) is 10.8. The molecular weight excluding hydrogens is 554 g/mol. The molecule has 218 valence electrons. The van der Waals surface area contributed by atoms with Crippen molar-refractivity contribution >= 4 is 52.2 Å². The van der Waals surface area contributed by atoms with Gasteiger partial charge in [-0.05, 0) is 66.6 Å². The summed E-state index contributed by atoms with van der Waals surface area (Å²) in [5.74, 6) is -1.69. The number of carboxylic acid groups (broad SMARTS) is 1. The fraction of sp³-hybridized carbons (Fsp3) is 0.312. The minimum absolute atomic E-state index is 0.0253. The third-order valence-corrected chi connectivity index (χ3v) is 8.05. The summed E-state index contributed by atoms with van der Waals surface area (Å²) >= 11 is 6.18. The van der Waals surface area contributed by atoms with Gasteiger partial charge in [-0.15, -0.1) is 0 Å². The Bertz CT molecular complexity index is 1500. The maximum Gasteiger partial charge on any atom is 0.303 e. The molecule has 2 aliphatic heterocycles. The van der Waals surface area contributed by atoms with E-state index < -0.39 is 11.9 Å². The van der Waals surface area contributed by atoms with E-state index in [2.05, 4.69) is 22.2 Å². The van der Waals surface area contributed by atoms with E-state index in [1.54, 1.807) is 24.1 Å². The third-order valence-electron chi connectivity index (χ3n) is 7.81. The van der Waals surface area contributed by atoms with Crippen molar-refractivity contribution in [1.82, 2.24) is 9.80 Å². The molecule has 9 nitrogen and oxygen atoms in total. The fourth-order valence-corrected chi connectivity index (χ4v) is 5.40. The summed E-state index contributed by atoms with van der Waals surface area (Å²) in [4.78, 5) is 48.2. The minimum Gasteiger partial charge on any atom is -0.481 e. The first kappa shape index (κ1) is 29.4. The van der Waals surface area contributed by atoms with E-state index >= 15 is 0 Å². The first-order valence-corrected chi connectivity index (χ1v) is 14.3. The molecule has 0 radical (unpaired) electrons. The number of piperazine rings is 1. The molecule has 1 unspecified atom stereocenters. The Morgan fingerprint density at radius 1 is 1.02 bits per heavy atom. The molecule has 3 aromatic carbocycles. The second-order valence-corrected chi connectivity index (χ2v) is 11.2. The van der Waals surface area contributed by atoms with E-state index in [4.69, 9.17) is 21.7 Å². The van der Waals surface area contributed by atoms with Crippen LogP contribution in [0.25, 0.3) is 0 Å². The largest absolute Gasteiger partial charge is 0.481 e. The molecule has 2 amide bonds. The van der Waals surface area contributed by atoms with E-state index in [9.17, 15) is 14.4 Å². The molecule has 0 spiro atoms. The average molecular weight is 588 g/mol. The summed E-state index contributed by atoms with van der Waals surface area (Å²) < 4.78 is 0. The normalized spacial score (nSPS) is 17.5. The summed E-state index contributed by atoms with van der Waals surface area (Å²) in [5, 5.41) is 12.5. The number of halogens is 1. The molecule has 1 atom stereocenters. The Morgan fingerprint density at radius 2 is 1.71 bits per heavy atom. The number of hydrogen-bond acceptors (Lipinski definition) is 6. The number of rotatable bonds is 9. The van der Waals surface area contributed by atoms with Crippen molar-refractivity contribution in [3.05, 3.63) is 88.4 Å². The van der Waals surface area contributed by atoms with Crippen LogP contribution < -0.4 is 10.2 Å². The molecule has 0 aromatic heterocycles. The quantitative estimate of drug-likeness (QED) is 0.359. The molecule has 5 rings (SSSR count). The van der Waals surface area contributed by atoms with Crippen molar-refractivity contribution in [2.45, 2.75) is 18.8 Å². The van der Waals surface area contributed by atoms with Gasteiger partial charge in [0.2, 0.25) is 11.8 Å². The second kappa shape index (κ2) is 12.9. The lowest BCUT2D eigenvalue weighted by Gasteiger charge is -2.32. The summed E-state index contributed by atoms with van der Waals surface area (Å²) in [5.41, 5.74) is 5.03. The number of likely N-dealkylation sites (N-methyl/N-ethyl adjacent to an activating group) is 2.